The molecule has 1 rings (SSSR count). The van der Waals surface area contributed by atoms with Crippen molar-refractivity contribution in [2.24, 2.45) is 11.8 Å². The predicted octanol–water partition coefficient (Wildman–Crippen LogP) is 3.23. The van der Waals surface area contributed by atoms with Gasteiger partial charge >= 0.3 is 5.97 Å². The Bertz CT molecular complexity index is 228. The molecule has 2 heteroatoms. The topological polar surface area (TPSA) is 37.3 Å². The lowest BCUT2D eigenvalue weighted by molar-refractivity contribution is -0.131. The van der Waals surface area contributed by atoms with E-state index in [4.69, 9.17) is 5.11 Å². The SMILES string of the molecule is CC(C)CC1CCCC/C1=C\C(=O)O. The van der Waals surface area contributed by atoms with E-state index < -0.39 is 5.97 Å². The molecule has 0 heterocycles. The molecule has 0 aromatic rings. The van der Waals surface area contributed by atoms with Crippen LogP contribution in [0.2, 0.25) is 0 Å². The predicted molar refractivity (Wildman–Crippen MR) is 57.1 cm³/mol. The van der Waals surface area contributed by atoms with Crippen LogP contribution in [-0.4, -0.2) is 11.1 Å². The summed E-state index contributed by atoms with van der Waals surface area (Å²) in [5.41, 5.74) is 1.16. The quantitative estimate of drug-likeness (QED) is 0.703. The number of allylic oxidation sites excluding steroid dienone is 1. The van der Waals surface area contributed by atoms with Crippen molar-refractivity contribution in [1.29, 1.82) is 0 Å². The fourth-order valence-corrected chi connectivity index (χ4v) is 2.30. The molecular weight excluding hydrogens is 176 g/mol. The average Bonchev–Trinajstić information content (AvgIpc) is 2.06. The zero-order valence-corrected chi connectivity index (χ0v) is 9.12. The zero-order valence-electron chi connectivity index (χ0n) is 9.12. The first-order valence-corrected chi connectivity index (χ1v) is 5.53. The van der Waals surface area contributed by atoms with E-state index >= 15 is 0 Å². The maximum Gasteiger partial charge on any atom is 0.328 e. The number of hydrogen-bond donors (Lipinski definition) is 1. The Kier molecular flexibility index (Phi) is 4.18. The number of carboxylic acids is 1. The fourth-order valence-electron chi connectivity index (χ4n) is 2.30. The molecule has 0 bridgehead atoms. The zero-order chi connectivity index (χ0) is 10.6. The van der Waals surface area contributed by atoms with Crippen LogP contribution in [0.5, 0.6) is 0 Å². The second kappa shape index (κ2) is 5.18. The lowest BCUT2D eigenvalue weighted by atomic mass is 9.79. The van der Waals surface area contributed by atoms with E-state index in [-0.39, 0.29) is 0 Å². The summed E-state index contributed by atoms with van der Waals surface area (Å²) in [5, 5.41) is 8.74. The first kappa shape index (κ1) is 11.3. The highest BCUT2D eigenvalue weighted by molar-refractivity contribution is 5.80. The molecule has 80 valence electrons. The van der Waals surface area contributed by atoms with Crippen molar-refractivity contribution >= 4 is 5.97 Å². The number of carbonyl (C=O) groups is 1. The van der Waals surface area contributed by atoms with Gasteiger partial charge in [-0.3, -0.25) is 0 Å². The van der Waals surface area contributed by atoms with Crippen molar-refractivity contribution < 1.29 is 9.90 Å². The molecule has 14 heavy (non-hydrogen) atoms. The summed E-state index contributed by atoms with van der Waals surface area (Å²) in [4.78, 5) is 10.6. The minimum atomic E-state index is -0.782. The van der Waals surface area contributed by atoms with Crippen LogP contribution in [0.4, 0.5) is 0 Å². The second-order valence-electron chi connectivity index (χ2n) is 4.63. The summed E-state index contributed by atoms with van der Waals surface area (Å²) in [7, 11) is 0. The van der Waals surface area contributed by atoms with Gasteiger partial charge in [0.25, 0.3) is 0 Å². The molecule has 0 amide bonds. The second-order valence-corrected chi connectivity index (χ2v) is 4.63. The van der Waals surface area contributed by atoms with Crippen molar-refractivity contribution in [1.82, 2.24) is 0 Å². The maximum atomic E-state index is 10.6. The van der Waals surface area contributed by atoms with Crippen LogP contribution < -0.4 is 0 Å². The molecule has 1 aliphatic rings. The van der Waals surface area contributed by atoms with Crippen molar-refractivity contribution in [3.63, 3.8) is 0 Å². The van der Waals surface area contributed by atoms with Gasteiger partial charge in [0.15, 0.2) is 0 Å². The fraction of sp³-hybridized carbons (Fsp3) is 0.750. The summed E-state index contributed by atoms with van der Waals surface area (Å²) in [5.74, 6) is 0.408. The Morgan fingerprint density at radius 1 is 1.57 bits per heavy atom. The van der Waals surface area contributed by atoms with Crippen molar-refractivity contribution in [3.05, 3.63) is 11.6 Å². The first-order chi connectivity index (χ1) is 6.59. The molecule has 0 aromatic heterocycles. The summed E-state index contributed by atoms with van der Waals surface area (Å²) in [6, 6.07) is 0. The Morgan fingerprint density at radius 3 is 2.86 bits per heavy atom. The standard InChI is InChI=1S/C12H20O2/c1-9(2)7-10-5-3-4-6-11(10)8-12(13)14/h8-10H,3-7H2,1-2H3,(H,13,14)/b11-8+. The van der Waals surface area contributed by atoms with Crippen LogP contribution in [-0.2, 0) is 4.79 Å². The van der Waals surface area contributed by atoms with E-state index in [1.54, 1.807) is 0 Å². The van der Waals surface area contributed by atoms with Crippen LogP contribution in [0.15, 0.2) is 11.6 Å². The van der Waals surface area contributed by atoms with Gasteiger partial charge in [-0.25, -0.2) is 4.79 Å². The molecular formula is C12H20O2. The van der Waals surface area contributed by atoms with Gasteiger partial charge in [-0.2, -0.15) is 0 Å². The highest BCUT2D eigenvalue weighted by Gasteiger charge is 2.20. The van der Waals surface area contributed by atoms with E-state index in [0.29, 0.717) is 11.8 Å². The van der Waals surface area contributed by atoms with Gasteiger partial charge in [0.2, 0.25) is 0 Å². The number of carboxylic acid groups (broad SMARTS) is 1. The minimum Gasteiger partial charge on any atom is -0.478 e. The van der Waals surface area contributed by atoms with Crippen LogP contribution in [0.3, 0.4) is 0 Å². The monoisotopic (exact) mass is 196 g/mol. The summed E-state index contributed by atoms with van der Waals surface area (Å²) >= 11 is 0. The van der Waals surface area contributed by atoms with Gasteiger partial charge in [-0.05, 0) is 37.5 Å². The Labute approximate surface area is 86.0 Å². The van der Waals surface area contributed by atoms with E-state index in [1.807, 2.05) is 0 Å². The number of hydrogen-bond acceptors (Lipinski definition) is 1. The van der Waals surface area contributed by atoms with E-state index in [9.17, 15) is 4.79 Å². The summed E-state index contributed by atoms with van der Waals surface area (Å²) in [6.45, 7) is 4.40. The molecule has 0 aliphatic heterocycles. The molecule has 0 radical (unpaired) electrons. The normalized spacial score (nSPS) is 25.6. The molecule has 0 saturated heterocycles. The molecule has 1 fully saturated rings. The minimum absolute atomic E-state index is 0.528. The largest absolute Gasteiger partial charge is 0.478 e. The highest BCUT2D eigenvalue weighted by atomic mass is 16.4. The maximum absolute atomic E-state index is 10.6. The molecule has 0 spiro atoms. The Balaban J connectivity index is 2.63. The van der Waals surface area contributed by atoms with Crippen molar-refractivity contribution in [2.45, 2.75) is 46.0 Å². The molecule has 1 atom stereocenters. The van der Waals surface area contributed by atoms with Gasteiger partial charge in [0.1, 0.15) is 0 Å². The third kappa shape index (κ3) is 3.52. The number of rotatable bonds is 3. The number of aliphatic carboxylic acids is 1. The third-order valence-corrected chi connectivity index (χ3v) is 2.86. The molecule has 1 unspecified atom stereocenters. The van der Waals surface area contributed by atoms with E-state index in [1.165, 1.54) is 18.9 Å². The van der Waals surface area contributed by atoms with Crippen LogP contribution >= 0.6 is 0 Å². The lowest BCUT2D eigenvalue weighted by Crippen LogP contribution is -2.13. The van der Waals surface area contributed by atoms with Gasteiger partial charge < -0.3 is 5.11 Å². The Hall–Kier alpha value is -0.790. The van der Waals surface area contributed by atoms with Gasteiger partial charge in [0.05, 0.1) is 0 Å². The van der Waals surface area contributed by atoms with Crippen LogP contribution in [0, 0.1) is 11.8 Å². The van der Waals surface area contributed by atoms with Gasteiger partial charge in [0, 0.05) is 6.08 Å². The van der Waals surface area contributed by atoms with Crippen molar-refractivity contribution in [2.75, 3.05) is 0 Å². The van der Waals surface area contributed by atoms with Gasteiger partial charge in [-0.15, -0.1) is 0 Å². The van der Waals surface area contributed by atoms with E-state index in [2.05, 4.69) is 13.8 Å². The third-order valence-electron chi connectivity index (χ3n) is 2.86. The molecule has 2 nitrogen and oxygen atoms in total. The molecule has 0 aromatic carbocycles. The van der Waals surface area contributed by atoms with Crippen LogP contribution in [0.25, 0.3) is 0 Å². The Morgan fingerprint density at radius 2 is 2.29 bits per heavy atom. The van der Waals surface area contributed by atoms with Crippen LogP contribution in [0.1, 0.15) is 46.0 Å². The van der Waals surface area contributed by atoms with Gasteiger partial charge in [-0.1, -0.05) is 25.8 Å². The van der Waals surface area contributed by atoms with E-state index in [0.717, 1.165) is 24.8 Å². The highest BCUT2D eigenvalue weighted by Crippen LogP contribution is 2.33. The van der Waals surface area contributed by atoms with Crippen molar-refractivity contribution in [3.8, 4) is 0 Å². The first-order valence-electron chi connectivity index (χ1n) is 5.53. The summed E-state index contributed by atoms with van der Waals surface area (Å²) < 4.78 is 0. The molecule has 1 saturated carbocycles. The average molecular weight is 196 g/mol. The smallest absolute Gasteiger partial charge is 0.328 e. The summed E-state index contributed by atoms with van der Waals surface area (Å²) in [6.07, 6.45) is 7.16. The molecule has 1 N–H and O–H groups in total. The lowest BCUT2D eigenvalue weighted by Gasteiger charge is -2.26. The molecule has 1 aliphatic carbocycles.